The third-order valence-electron chi connectivity index (χ3n) is 3.99. The Morgan fingerprint density at radius 2 is 1.85 bits per heavy atom. The van der Waals surface area contributed by atoms with E-state index in [0.717, 1.165) is 16.5 Å². The minimum atomic E-state index is -3.69. The molecule has 5 nitrogen and oxygen atoms in total. The van der Waals surface area contributed by atoms with Crippen LogP contribution in [0.1, 0.15) is 18.1 Å². The minimum Gasteiger partial charge on any atom is -0.463 e. The number of hydrogen-bond acceptors (Lipinski definition) is 4. The molecule has 0 amide bonds. The number of carbonyl (C=O) groups excluding carboxylic acids is 1. The summed E-state index contributed by atoms with van der Waals surface area (Å²) in [7, 11) is -3.69. The smallest absolute Gasteiger partial charge is 0.330 e. The van der Waals surface area contributed by atoms with E-state index in [1.165, 1.54) is 16.2 Å². The highest BCUT2D eigenvalue weighted by atomic mass is 32.2. The van der Waals surface area contributed by atoms with Gasteiger partial charge in [-0.1, -0.05) is 29.8 Å². The van der Waals surface area contributed by atoms with Gasteiger partial charge in [-0.05, 0) is 49.8 Å². The molecule has 3 rings (SSSR count). The molecule has 0 aliphatic carbocycles. The molecule has 0 N–H and O–H groups in total. The van der Waals surface area contributed by atoms with Crippen molar-refractivity contribution < 1.29 is 17.9 Å². The maximum Gasteiger partial charge on any atom is 0.330 e. The molecule has 0 bridgehead atoms. The van der Waals surface area contributed by atoms with Crippen molar-refractivity contribution in [2.24, 2.45) is 0 Å². The molecule has 0 fully saturated rings. The van der Waals surface area contributed by atoms with Crippen molar-refractivity contribution in [3.63, 3.8) is 0 Å². The van der Waals surface area contributed by atoms with Gasteiger partial charge in [0.25, 0.3) is 10.0 Å². The number of aryl methyl sites for hydroxylation is 1. The van der Waals surface area contributed by atoms with Crippen LogP contribution in [0.4, 0.5) is 0 Å². The summed E-state index contributed by atoms with van der Waals surface area (Å²) < 4.78 is 32.0. The molecule has 2 aromatic carbocycles. The van der Waals surface area contributed by atoms with Gasteiger partial charge in [0.15, 0.2) is 0 Å². The lowest BCUT2D eigenvalue weighted by Crippen LogP contribution is -2.11. The first-order valence-corrected chi connectivity index (χ1v) is 9.64. The fourth-order valence-corrected chi connectivity index (χ4v) is 4.04. The second kappa shape index (κ2) is 7.17. The molecule has 0 aliphatic heterocycles. The number of hydrogen-bond donors (Lipinski definition) is 0. The molecule has 0 spiro atoms. The Morgan fingerprint density at radius 1 is 1.12 bits per heavy atom. The average Bonchev–Trinajstić information content (AvgIpc) is 3.06. The third kappa shape index (κ3) is 3.41. The molecule has 0 saturated carbocycles. The topological polar surface area (TPSA) is 65.4 Å². The van der Waals surface area contributed by atoms with Gasteiger partial charge < -0.3 is 4.74 Å². The van der Waals surface area contributed by atoms with Crippen molar-refractivity contribution in [1.29, 1.82) is 0 Å². The molecule has 1 aromatic heterocycles. The highest BCUT2D eigenvalue weighted by molar-refractivity contribution is 7.90. The van der Waals surface area contributed by atoms with E-state index in [0.29, 0.717) is 12.1 Å². The second-order valence-electron chi connectivity index (χ2n) is 5.80. The first-order chi connectivity index (χ1) is 12.4. The molecule has 6 heteroatoms. The molecule has 3 aromatic rings. The van der Waals surface area contributed by atoms with Gasteiger partial charge in [-0.25, -0.2) is 17.2 Å². The van der Waals surface area contributed by atoms with Gasteiger partial charge in [0.2, 0.25) is 0 Å². The highest BCUT2D eigenvalue weighted by Gasteiger charge is 2.19. The fourth-order valence-electron chi connectivity index (χ4n) is 2.69. The van der Waals surface area contributed by atoms with Crippen LogP contribution in [0, 0.1) is 6.92 Å². The molecule has 0 unspecified atom stereocenters. The zero-order valence-corrected chi connectivity index (χ0v) is 15.4. The summed E-state index contributed by atoms with van der Waals surface area (Å²) >= 11 is 0. The molecule has 134 valence electrons. The van der Waals surface area contributed by atoms with Gasteiger partial charge in [-0.2, -0.15) is 0 Å². The lowest BCUT2D eigenvalue weighted by Gasteiger charge is -2.08. The van der Waals surface area contributed by atoms with Gasteiger partial charge in [0, 0.05) is 17.7 Å². The van der Waals surface area contributed by atoms with Crippen molar-refractivity contribution >= 4 is 33.0 Å². The first kappa shape index (κ1) is 17.9. The molecule has 1 heterocycles. The molecule has 0 radical (unpaired) electrons. The first-order valence-electron chi connectivity index (χ1n) is 8.20. The predicted molar refractivity (Wildman–Crippen MR) is 101 cm³/mol. The van der Waals surface area contributed by atoms with Crippen molar-refractivity contribution in [2.75, 3.05) is 6.61 Å². The Balaban J connectivity index is 2.06. The summed E-state index contributed by atoms with van der Waals surface area (Å²) in [6.45, 7) is 3.95. The van der Waals surface area contributed by atoms with Gasteiger partial charge >= 0.3 is 5.97 Å². The van der Waals surface area contributed by atoms with Crippen LogP contribution in [0.15, 0.2) is 65.7 Å². The van der Waals surface area contributed by atoms with Crippen LogP contribution in [0.5, 0.6) is 0 Å². The molecular formula is C20H19NO4S. The zero-order chi connectivity index (χ0) is 18.7. The number of rotatable bonds is 5. The number of ether oxygens (including phenoxy) is 1. The maximum absolute atomic E-state index is 13.0. The van der Waals surface area contributed by atoms with E-state index in [2.05, 4.69) is 0 Å². The maximum atomic E-state index is 13.0. The quantitative estimate of drug-likeness (QED) is 0.507. The average molecular weight is 369 g/mol. The van der Waals surface area contributed by atoms with Crippen molar-refractivity contribution in [1.82, 2.24) is 3.97 Å². The summed E-state index contributed by atoms with van der Waals surface area (Å²) in [5, 5.41) is 0.740. The van der Waals surface area contributed by atoms with E-state index >= 15 is 0 Å². The van der Waals surface area contributed by atoms with Crippen LogP contribution in [-0.2, 0) is 19.6 Å². The minimum absolute atomic E-state index is 0.230. The summed E-state index contributed by atoms with van der Waals surface area (Å²) in [6, 6.07) is 13.8. The fraction of sp³-hybridized carbons (Fsp3) is 0.150. The van der Waals surface area contributed by atoms with Gasteiger partial charge in [0.1, 0.15) is 0 Å². The monoisotopic (exact) mass is 369 g/mol. The van der Waals surface area contributed by atoms with Crippen molar-refractivity contribution in [3.05, 3.63) is 71.9 Å². The number of nitrogens with zero attached hydrogens (tertiary/aromatic N) is 1. The Bertz CT molecular complexity index is 1080. The van der Waals surface area contributed by atoms with Crippen LogP contribution in [0.25, 0.3) is 17.0 Å². The number of aromatic nitrogens is 1. The zero-order valence-electron chi connectivity index (χ0n) is 14.5. The molecule has 26 heavy (non-hydrogen) atoms. The molecule has 0 atom stereocenters. The van der Waals surface area contributed by atoms with E-state index in [9.17, 15) is 13.2 Å². The lowest BCUT2D eigenvalue weighted by molar-refractivity contribution is -0.137. The third-order valence-corrected chi connectivity index (χ3v) is 5.70. The lowest BCUT2D eigenvalue weighted by atomic mass is 10.1. The molecule has 0 saturated heterocycles. The Morgan fingerprint density at radius 3 is 2.54 bits per heavy atom. The number of esters is 1. The van der Waals surface area contributed by atoms with E-state index < -0.39 is 16.0 Å². The van der Waals surface area contributed by atoms with Crippen LogP contribution in [0.2, 0.25) is 0 Å². The Hall–Kier alpha value is -2.86. The summed E-state index contributed by atoms with van der Waals surface area (Å²) in [6.07, 6.45) is 4.49. The van der Waals surface area contributed by atoms with E-state index in [-0.39, 0.29) is 4.90 Å². The van der Waals surface area contributed by atoms with Gasteiger partial charge in [-0.15, -0.1) is 0 Å². The second-order valence-corrected chi connectivity index (χ2v) is 7.61. The number of fused-ring (bicyclic) bond motifs is 1. The molecule has 0 aliphatic rings. The van der Waals surface area contributed by atoms with Crippen molar-refractivity contribution in [2.45, 2.75) is 18.7 Å². The summed E-state index contributed by atoms with van der Waals surface area (Å²) in [5.41, 5.74) is 2.29. The number of carbonyl (C=O) groups is 1. The van der Waals surface area contributed by atoms with Gasteiger partial charge in [0.05, 0.1) is 17.0 Å². The standard InChI is InChI=1S/C20H19NO4S/c1-3-25-20(22)12-9-16-5-4-6-19-18(16)13-14-21(19)26(23,24)17-10-7-15(2)8-11-17/h4-14H,3H2,1-2H3/b12-9+. The van der Waals surface area contributed by atoms with Crippen LogP contribution in [-0.4, -0.2) is 25.0 Å². The van der Waals surface area contributed by atoms with Crippen LogP contribution >= 0.6 is 0 Å². The Kier molecular flexibility index (Phi) is 4.95. The van der Waals surface area contributed by atoms with Crippen LogP contribution < -0.4 is 0 Å². The largest absolute Gasteiger partial charge is 0.463 e. The van der Waals surface area contributed by atoms with E-state index in [1.54, 1.807) is 55.5 Å². The normalized spacial score (nSPS) is 11.9. The van der Waals surface area contributed by atoms with Gasteiger partial charge in [-0.3, -0.25) is 0 Å². The number of benzene rings is 2. The van der Waals surface area contributed by atoms with E-state index in [1.807, 2.05) is 13.0 Å². The summed E-state index contributed by atoms with van der Waals surface area (Å²) in [5.74, 6) is -0.434. The van der Waals surface area contributed by atoms with E-state index in [4.69, 9.17) is 4.74 Å². The summed E-state index contributed by atoms with van der Waals surface area (Å²) in [4.78, 5) is 11.7. The van der Waals surface area contributed by atoms with Crippen molar-refractivity contribution in [3.8, 4) is 0 Å². The van der Waals surface area contributed by atoms with Crippen LogP contribution in [0.3, 0.4) is 0 Å². The SMILES string of the molecule is CCOC(=O)/C=C/c1cccc2c1ccn2S(=O)(=O)c1ccc(C)cc1. The Labute approximate surface area is 152 Å². The predicted octanol–water partition coefficient (Wildman–Crippen LogP) is 3.76. The molecular weight excluding hydrogens is 350 g/mol. The highest BCUT2D eigenvalue weighted by Crippen LogP contribution is 2.25.